The molecule has 106 valence electrons. The monoisotopic (exact) mass is 312 g/mol. The number of Topliss-reactive ketones (excluding diaryl/α,β-unsaturated/α-hetero) is 1. The van der Waals surface area contributed by atoms with E-state index in [9.17, 15) is 9.59 Å². The number of rotatable bonds is 2. The highest BCUT2D eigenvalue weighted by molar-refractivity contribution is 6.50. The minimum Gasteiger partial charge on any atom is -0.428 e. The maximum absolute atomic E-state index is 11.8. The fourth-order valence-electron chi connectivity index (χ4n) is 2.12. The minimum atomic E-state index is -0.579. The maximum atomic E-state index is 11.8. The lowest BCUT2D eigenvalue weighted by Crippen LogP contribution is -2.08. The van der Waals surface area contributed by atoms with Gasteiger partial charge in [-0.15, -0.1) is 0 Å². The standard InChI is InChI=1S/C15H14Cl2O3/c1-9-8-12(17)14(15(19)20-9)11(16)7-6-10-4-2-3-5-13(10)18/h6-8H,2-5H2,1H3/b10-6-,11-7-. The number of carbonyl (C=O) groups excluding carboxylic acids is 1. The molecule has 0 atom stereocenters. The summed E-state index contributed by atoms with van der Waals surface area (Å²) >= 11 is 12.1. The van der Waals surface area contributed by atoms with Crippen molar-refractivity contribution >= 4 is 34.0 Å². The zero-order valence-electron chi connectivity index (χ0n) is 11.0. The highest BCUT2D eigenvalue weighted by Gasteiger charge is 2.15. The summed E-state index contributed by atoms with van der Waals surface area (Å²) < 4.78 is 4.97. The summed E-state index contributed by atoms with van der Waals surface area (Å²) in [7, 11) is 0. The van der Waals surface area contributed by atoms with Crippen LogP contribution in [0.15, 0.2) is 33.0 Å². The number of halogens is 2. The third kappa shape index (κ3) is 3.41. The van der Waals surface area contributed by atoms with E-state index >= 15 is 0 Å². The van der Waals surface area contributed by atoms with Gasteiger partial charge in [-0.05, 0) is 43.9 Å². The summed E-state index contributed by atoms with van der Waals surface area (Å²) in [6, 6.07) is 1.54. The van der Waals surface area contributed by atoms with Gasteiger partial charge in [0.2, 0.25) is 0 Å². The van der Waals surface area contributed by atoms with Crippen LogP contribution in [-0.2, 0) is 4.79 Å². The lowest BCUT2D eigenvalue weighted by Gasteiger charge is -2.11. The van der Waals surface area contributed by atoms with Gasteiger partial charge in [-0.1, -0.05) is 29.3 Å². The van der Waals surface area contributed by atoms with Gasteiger partial charge in [-0.3, -0.25) is 4.79 Å². The molecular weight excluding hydrogens is 299 g/mol. The molecule has 1 aliphatic rings. The first kappa shape index (κ1) is 15.1. The molecule has 1 aromatic rings. The molecule has 1 aliphatic carbocycles. The van der Waals surface area contributed by atoms with Gasteiger partial charge in [-0.2, -0.15) is 0 Å². The summed E-state index contributed by atoms with van der Waals surface area (Å²) in [6.07, 6.45) is 6.45. The number of carbonyl (C=O) groups is 1. The molecule has 20 heavy (non-hydrogen) atoms. The van der Waals surface area contributed by atoms with E-state index in [0.29, 0.717) is 12.2 Å². The van der Waals surface area contributed by atoms with E-state index in [1.165, 1.54) is 12.1 Å². The molecule has 1 heterocycles. The van der Waals surface area contributed by atoms with Crippen LogP contribution in [0, 0.1) is 6.92 Å². The molecule has 0 spiro atoms. The fourth-order valence-corrected chi connectivity index (χ4v) is 2.74. The second-order valence-electron chi connectivity index (χ2n) is 4.70. The topological polar surface area (TPSA) is 47.3 Å². The van der Waals surface area contributed by atoms with E-state index in [1.54, 1.807) is 13.0 Å². The summed E-state index contributed by atoms with van der Waals surface area (Å²) in [5, 5.41) is 0.419. The minimum absolute atomic E-state index is 0.124. The van der Waals surface area contributed by atoms with E-state index < -0.39 is 5.63 Å². The average molecular weight is 313 g/mol. The zero-order chi connectivity index (χ0) is 14.7. The van der Waals surface area contributed by atoms with Crippen LogP contribution >= 0.6 is 23.2 Å². The molecule has 0 saturated heterocycles. The Hall–Kier alpha value is -1.32. The van der Waals surface area contributed by atoms with Gasteiger partial charge in [0.15, 0.2) is 5.78 Å². The van der Waals surface area contributed by atoms with Gasteiger partial charge < -0.3 is 4.42 Å². The Morgan fingerprint density at radius 3 is 2.65 bits per heavy atom. The van der Waals surface area contributed by atoms with Crippen molar-refractivity contribution < 1.29 is 9.21 Å². The van der Waals surface area contributed by atoms with Crippen molar-refractivity contribution in [2.45, 2.75) is 32.6 Å². The van der Waals surface area contributed by atoms with Crippen LogP contribution in [0.4, 0.5) is 0 Å². The number of hydrogen-bond acceptors (Lipinski definition) is 3. The smallest absolute Gasteiger partial charge is 0.346 e. The molecule has 0 aromatic carbocycles. The van der Waals surface area contributed by atoms with Crippen molar-refractivity contribution in [3.8, 4) is 0 Å². The van der Waals surface area contributed by atoms with E-state index in [1.807, 2.05) is 0 Å². The molecule has 0 radical (unpaired) electrons. The Balaban J connectivity index is 2.34. The molecule has 2 rings (SSSR count). The SMILES string of the molecule is Cc1cc(Cl)c(/C(Cl)=C/C=C2/CCCCC2=O)c(=O)o1. The largest absolute Gasteiger partial charge is 0.428 e. The maximum Gasteiger partial charge on any atom is 0.346 e. The van der Waals surface area contributed by atoms with Crippen LogP contribution in [-0.4, -0.2) is 5.78 Å². The molecule has 0 bridgehead atoms. The highest BCUT2D eigenvalue weighted by atomic mass is 35.5. The van der Waals surface area contributed by atoms with Crippen molar-refractivity contribution in [3.63, 3.8) is 0 Å². The molecule has 1 aromatic heterocycles. The molecular formula is C15H14Cl2O3. The quantitative estimate of drug-likeness (QED) is 0.767. The Labute approximate surface area is 126 Å². The van der Waals surface area contributed by atoms with Crippen molar-refractivity contribution in [3.05, 3.63) is 50.6 Å². The fraction of sp³-hybridized carbons (Fsp3) is 0.333. The van der Waals surface area contributed by atoms with Gasteiger partial charge in [0, 0.05) is 6.42 Å². The molecule has 5 heteroatoms. The number of hydrogen-bond donors (Lipinski definition) is 0. The Morgan fingerprint density at radius 1 is 1.30 bits per heavy atom. The Kier molecular flexibility index (Phi) is 4.84. The van der Waals surface area contributed by atoms with Gasteiger partial charge in [0.25, 0.3) is 0 Å². The van der Waals surface area contributed by atoms with Crippen molar-refractivity contribution in [2.75, 3.05) is 0 Å². The van der Waals surface area contributed by atoms with Gasteiger partial charge in [-0.25, -0.2) is 4.79 Å². The number of aryl methyl sites for hydroxylation is 1. The first-order valence-corrected chi connectivity index (χ1v) is 7.15. The zero-order valence-corrected chi connectivity index (χ0v) is 12.6. The molecule has 0 amide bonds. The molecule has 3 nitrogen and oxygen atoms in total. The normalized spacial score (nSPS) is 18.6. The van der Waals surface area contributed by atoms with Crippen LogP contribution in [0.3, 0.4) is 0 Å². The first-order valence-electron chi connectivity index (χ1n) is 6.39. The summed E-state index contributed by atoms with van der Waals surface area (Å²) in [5.74, 6) is 0.563. The van der Waals surface area contributed by atoms with Crippen LogP contribution in [0.5, 0.6) is 0 Å². The van der Waals surface area contributed by atoms with Crippen LogP contribution in [0.25, 0.3) is 5.03 Å². The molecule has 1 fully saturated rings. The summed E-state index contributed by atoms with van der Waals surface area (Å²) in [4.78, 5) is 23.4. The van der Waals surface area contributed by atoms with E-state index in [4.69, 9.17) is 27.6 Å². The highest BCUT2D eigenvalue weighted by Crippen LogP contribution is 2.26. The summed E-state index contributed by atoms with van der Waals surface area (Å²) in [6.45, 7) is 1.64. The van der Waals surface area contributed by atoms with E-state index in [0.717, 1.165) is 24.8 Å². The summed E-state index contributed by atoms with van der Waals surface area (Å²) in [5.41, 5.74) is 0.283. The molecule has 1 saturated carbocycles. The Bertz CT molecular complexity index is 654. The predicted molar refractivity (Wildman–Crippen MR) is 80.1 cm³/mol. The first-order chi connectivity index (χ1) is 9.49. The molecule has 0 aliphatic heterocycles. The number of ketones is 1. The predicted octanol–water partition coefficient (Wildman–Crippen LogP) is 4.25. The van der Waals surface area contributed by atoms with E-state index in [2.05, 4.69) is 0 Å². The molecule has 0 unspecified atom stereocenters. The van der Waals surface area contributed by atoms with E-state index in [-0.39, 0.29) is 21.4 Å². The third-order valence-corrected chi connectivity index (χ3v) is 3.77. The Morgan fingerprint density at radius 2 is 2.00 bits per heavy atom. The van der Waals surface area contributed by atoms with Crippen molar-refractivity contribution in [1.82, 2.24) is 0 Å². The van der Waals surface area contributed by atoms with Gasteiger partial charge in [0.1, 0.15) is 5.76 Å². The lowest BCUT2D eigenvalue weighted by atomic mass is 9.93. The van der Waals surface area contributed by atoms with Gasteiger partial charge in [0.05, 0.1) is 15.6 Å². The van der Waals surface area contributed by atoms with Gasteiger partial charge >= 0.3 is 5.63 Å². The lowest BCUT2D eigenvalue weighted by molar-refractivity contribution is -0.116. The van der Waals surface area contributed by atoms with Crippen molar-refractivity contribution in [1.29, 1.82) is 0 Å². The third-order valence-electron chi connectivity index (χ3n) is 3.15. The van der Waals surface area contributed by atoms with Crippen LogP contribution in [0.2, 0.25) is 5.02 Å². The second kappa shape index (κ2) is 6.42. The van der Waals surface area contributed by atoms with Crippen molar-refractivity contribution in [2.24, 2.45) is 0 Å². The van der Waals surface area contributed by atoms with Crippen LogP contribution in [0.1, 0.15) is 37.0 Å². The second-order valence-corrected chi connectivity index (χ2v) is 5.52. The van der Waals surface area contributed by atoms with Crippen LogP contribution < -0.4 is 5.63 Å². The average Bonchev–Trinajstić information content (AvgIpc) is 2.36. The number of allylic oxidation sites excluding steroid dienone is 3. The molecule has 0 N–H and O–H groups in total.